The quantitative estimate of drug-likeness (QED) is 0.454. The summed E-state index contributed by atoms with van der Waals surface area (Å²) in [6.45, 7) is 2.16. The second-order valence-corrected chi connectivity index (χ2v) is 4.75. The number of amides is 1. The summed E-state index contributed by atoms with van der Waals surface area (Å²) in [5, 5.41) is 20.5. The zero-order valence-corrected chi connectivity index (χ0v) is 13.4. The van der Waals surface area contributed by atoms with Crippen LogP contribution in [0.4, 0.5) is 17.3 Å². The van der Waals surface area contributed by atoms with Gasteiger partial charge >= 0.3 is 5.69 Å². The second kappa shape index (κ2) is 8.49. The van der Waals surface area contributed by atoms with E-state index in [-0.39, 0.29) is 30.5 Å². The van der Waals surface area contributed by atoms with Gasteiger partial charge in [0.1, 0.15) is 12.0 Å². The first-order valence-corrected chi connectivity index (χ1v) is 7.41. The summed E-state index contributed by atoms with van der Waals surface area (Å²) in [4.78, 5) is 35.9. The maximum Gasteiger partial charge on any atom is 0.355 e. The number of anilines is 2. The van der Waals surface area contributed by atoms with Crippen LogP contribution in [0.5, 0.6) is 0 Å². The Hall–Kier alpha value is -3.34. The number of nitrogens with one attached hydrogen (secondary N) is 2. The first kappa shape index (κ1) is 18.0. The van der Waals surface area contributed by atoms with Gasteiger partial charge in [0.25, 0.3) is 5.91 Å². The normalized spacial score (nSPS) is 10.2. The summed E-state index contributed by atoms with van der Waals surface area (Å²) < 4.78 is 0. The van der Waals surface area contributed by atoms with Crippen LogP contribution in [0.25, 0.3) is 0 Å². The van der Waals surface area contributed by atoms with Gasteiger partial charge in [0.15, 0.2) is 0 Å². The molecule has 0 bridgehead atoms. The summed E-state index contributed by atoms with van der Waals surface area (Å²) in [5.74, 6) is -0.695. The molecule has 0 spiro atoms. The molecule has 0 fully saturated rings. The highest BCUT2D eigenvalue weighted by molar-refractivity contribution is 5.93. The van der Waals surface area contributed by atoms with Crippen molar-refractivity contribution in [2.24, 2.45) is 0 Å². The molecular weight excluding hydrogens is 330 g/mol. The highest BCUT2D eigenvalue weighted by Crippen LogP contribution is 2.31. The summed E-state index contributed by atoms with van der Waals surface area (Å²) >= 11 is 0. The molecule has 0 aliphatic rings. The Morgan fingerprint density at radius 1 is 1.36 bits per heavy atom. The van der Waals surface area contributed by atoms with Crippen molar-refractivity contribution in [2.45, 2.75) is 6.92 Å². The summed E-state index contributed by atoms with van der Waals surface area (Å²) in [6, 6.07) is 4.80. The zero-order chi connectivity index (χ0) is 18.2. The van der Waals surface area contributed by atoms with E-state index in [0.29, 0.717) is 6.54 Å². The van der Waals surface area contributed by atoms with Gasteiger partial charge < -0.3 is 10.0 Å². The maximum atomic E-state index is 12.0. The van der Waals surface area contributed by atoms with Crippen molar-refractivity contribution in [1.82, 2.24) is 20.4 Å². The van der Waals surface area contributed by atoms with Crippen LogP contribution >= 0.6 is 0 Å². The number of pyridine rings is 1. The molecule has 25 heavy (non-hydrogen) atoms. The fraction of sp³-hybridized carbons (Fsp3) is 0.286. The van der Waals surface area contributed by atoms with Gasteiger partial charge in [-0.25, -0.2) is 9.97 Å². The minimum Gasteiger partial charge on any atom is -0.395 e. The molecule has 0 saturated carbocycles. The molecule has 11 heteroatoms. The Balaban J connectivity index is 2.25. The van der Waals surface area contributed by atoms with Gasteiger partial charge in [-0.05, 0) is 19.1 Å². The largest absolute Gasteiger partial charge is 0.395 e. The number of aliphatic hydroxyl groups excluding tert-OH is 1. The molecule has 11 nitrogen and oxygen atoms in total. The van der Waals surface area contributed by atoms with Crippen molar-refractivity contribution in [3.63, 3.8) is 0 Å². The van der Waals surface area contributed by atoms with Gasteiger partial charge in [0, 0.05) is 19.3 Å². The van der Waals surface area contributed by atoms with E-state index in [1.807, 2.05) is 0 Å². The number of likely N-dealkylation sites (N-methyl/N-ethyl adjacent to an activating group) is 1. The lowest BCUT2D eigenvalue weighted by molar-refractivity contribution is -0.383. The third-order valence-electron chi connectivity index (χ3n) is 3.23. The fourth-order valence-electron chi connectivity index (χ4n) is 2.07. The average Bonchev–Trinajstić information content (AvgIpc) is 2.64. The van der Waals surface area contributed by atoms with Crippen LogP contribution in [0.1, 0.15) is 17.4 Å². The van der Waals surface area contributed by atoms with Crippen LogP contribution < -0.4 is 15.8 Å². The van der Waals surface area contributed by atoms with Crippen LogP contribution in [0, 0.1) is 10.1 Å². The summed E-state index contributed by atoms with van der Waals surface area (Å²) in [7, 11) is 0. The molecule has 2 rings (SSSR count). The van der Waals surface area contributed by atoms with Crippen LogP contribution in [-0.4, -0.2) is 50.6 Å². The SMILES string of the molecule is CCN(CCO)c1ncnc(NNC(=O)c2ccccn2)c1[N+](=O)[O-]. The van der Waals surface area contributed by atoms with Crippen molar-refractivity contribution >= 4 is 23.2 Å². The lowest BCUT2D eigenvalue weighted by Crippen LogP contribution is -2.32. The molecule has 0 saturated heterocycles. The van der Waals surface area contributed by atoms with Crippen molar-refractivity contribution in [3.05, 3.63) is 46.5 Å². The van der Waals surface area contributed by atoms with Gasteiger partial charge in [-0.2, -0.15) is 0 Å². The number of hydrogen-bond donors (Lipinski definition) is 3. The molecule has 0 aliphatic carbocycles. The highest BCUT2D eigenvalue weighted by atomic mass is 16.6. The van der Waals surface area contributed by atoms with Gasteiger partial charge in [-0.1, -0.05) is 6.07 Å². The summed E-state index contributed by atoms with van der Waals surface area (Å²) in [5.41, 5.74) is 4.48. The summed E-state index contributed by atoms with van der Waals surface area (Å²) in [6.07, 6.45) is 2.59. The molecule has 1 amide bonds. The molecule has 132 valence electrons. The number of rotatable bonds is 8. The average molecular weight is 347 g/mol. The van der Waals surface area contributed by atoms with Crippen molar-refractivity contribution in [2.75, 3.05) is 30.0 Å². The molecule has 0 radical (unpaired) electrons. The minimum atomic E-state index is -0.648. The first-order valence-electron chi connectivity index (χ1n) is 7.41. The Kier molecular flexibility index (Phi) is 6.12. The standard InChI is InChI=1S/C14H17N7O4/c1-2-20(7-8-22)13-11(21(24)25)12(16-9-17-13)18-19-14(23)10-5-3-4-6-15-10/h3-6,9,22H,2,7-8H2,1H3,(H,19,23)(H,16,17,18). The fourth-order valence-corrected chi connectivity index (χ4v) is 2.07. The Morgan fingerprint density at radius 2 is 2.16 bits per heavy atom. The maximum absolute atomic E-state index is 12.0. The van der Waals surface area contributed by atoms with Crippen LogP contribution in [0.2, 0.25) is 0 Å². The number of aromatic nitrogens is 3. The monoisotopic (exact) mass is 347 g/mol. The number of nitrogens with zero attached hydrogens (tertiary/aromatic N) is 5. The third-order valence-corrected chi connectivity index (χ3v) is 3.23. The lowest BCUT2D eigenvalue weighted by atomic mass is 10.3. The number of hydrogen-bond acceptors (Lipinski definition) is 9. The molecular formula is C14H17N7O4. The Labute approximate surface area is 142 Å². The van der Waals surface area contributed by atoms with Crippen LogP contribution in [-0.2, 0) is 0 Å². The number of carbonyl (C=O) groups excluding carboxylic acids is 1. The predicted octanol–water partition coefficient (Wildman–Crippen LogP) is 0.355. The van der Waals surface area contributed by atoms with E-state index >= 15 is 0 Å². The molecule has 0 aromatic carbocycles. The van der Waals surface area contributed by atoms with Crippen LogP contribution in [0.3, 0.4) is 0 Å². The topological polar surface area (TPSA) is 146 Å². The van der Waals surface area contributed by atoms with Gasteiger partial charge in [-0.3, -0.25) is 30.7 Å². The number of hydrazine groups is 1. The number of nitro groups is 1. The molecule has 0 atom stereocenters. The van der Waals surface area contributed by atoms with Gasteiger partial charge in [0.2, 0.25) is 11.6 Å². The Morgan fingerprint density at radius 3 is 2.76 bits per heavy atom. The second-order valence-electron chi connectivity index (χ2n) is 4.75. The first-order chi connectivity index (χ1) is 12.1. The van der Waals surface area contributed by atoms with Crippen molar-refractivity contribution in [1.29, 1.82) is 0 Å². The molecule has 3 N–H and O–H groups in total. The molecule has 2 heterocycles. The van der Waals surface area contributed by atoms with E-state index in [0.717, 1.165) is 6.33 Å². The number of carbonyl (C=O) groups is 1. The Bertz CT molecular complexity index is 741. The van der Waals surface area contributed by atoms with Crippen molar-refractivity contribution in [3.8, 4) is 0 Å². The number of aliphatic hydroxyl groups is 1. The third kappa shape index (κ3) is 4.35. The van der Waals surface area contributed by atoms with E-state index in [1.165, 1.54) is 17.2 Å². The molecule has 0 aliphatic heterocycles. The molecule has 2 aromatic heterocycles. The zero-order valence-electron chi connectivity index (χ0n) is 13.4. The highest BCUT2D eigenvalue weighted by Gasteiger charge is 2.26. The van der Waals surface area contributed by atoms with E-state index in [1.54, 1.807) is 19.1 Å². The smallest absolute Gasteiger partial charge is 0.355 e. The van der Waals surface area contributed by atoms with E-state index in [2.05, 4.69) is 25.8 Å². The van der Waals surface area contributed by atoms with Crippen LogP contribution in [0.15, 0.2) is 30.7 Å². The lowest BCUT2D eigenvalue weighted by Gasteiger charge is -2.20. The van der Waals surface area contributed by atoms with Crippen molar-refractivity contribution < 1.29 is 14.8 Å². The molecule has 0 unspecified atom stereocenters. The van der Waals surface area contributed by atoms with Gasteiger partial charge in [0.05, 0.1) is 11.5 Å². The van der Waals surface area contributed by atoms with E-state index < -0.39 is 16.5 Å². The molecule has 2 aromatic rings. The predicted molar refractivity (Wildman–Crippen MR) is 89.0 cm³/mol. The minimum absolute atomic E-state index is 0.0473. The van der Waals surface area contributed by atoms with Gasteiger partial charge in [-0.15, -0.1) is 0 Å². The van der Waals surface area contributed by atoms with E-state index in [4.69, 9.17) is 5.11 Å². The van der Waals surface area contributed by atoms with E-state index in [9.17, 15) is 14.9 Å².